The fraction of sp³-hybridized carbons (Fsp3) is 0.417. The second kappa shape index (κ2) is 5.94. The first kappa shape index (κ1) is 14.4. The van der Waals surface area contributed by atoms with Crippen LogP contribution in [0.4, 0.5) is 9.18 Å². The topological polar surface area (TPSA) is 52.6 Å². The van der Waals surface area contributed by atoms with Gasteiger partial charge in [-0.3, -0.25) is 0 Å². The predicted octanol–water partition coefficient (Wildman–Crippen LogP) is 2.78. The molecule has 0 radical (unpaired) electrons. The van der Waals surface area contributed by atoms with E-state index in [4.69, 9.17) is 28.3 Å². The van der Waals surface area contributed by atoms with Gasteiger partial charge >= 0.3 is 6.09 Å². The Morgan fingerprint density at radius 1 is 1.47 bits per heavy atom. The number of halogens is 3. The Balaban J connectivity index is 1.94. The van der Waals surface area contributed by atoms with E-state index >= 15 is 0 Å². The van der Waals surface area contributed by atoms with E-state index in [-0.39, 0.29) is 13.1 Å². The summed E-state index contributed by atoms with van der Waals surface area (Å²) < 4.78 is 13.6. The van der Waals surface area contributed by atoms with Crippen LogP contribution in [0.2, 0.25) is 10.0 Å². The number of rotatable bonds is 3. The average molecular weight is 307 g/mol. The number of alkyl halides is 1. The summed E-state index contributed by atoms with van der Waals surface area (Å²) in [6.45, 7) is 0.414. The molecule has 19 heavy (non-hydrogen) atoms. The van der Waals surface area contributed by atoms with Gasteiger partial charge in [-0.2, -0.15) is 0 Å². The molecule has 1 aliphatic rings. The number of nitrogens with one attached hydrogen (secondary N) is 1. The highest BCUT2D eigenvalue weighted by Gasteiger charge is 2.34. The van der Waals surface area contributed by atoms with Gasteiger partial charge in [-0.25, -0.2) is 9.18 Å². The summed E-state index contributed by atoms with van der Waals surface area (Å²) >= 11 is 11.8. The fourth-order valence-corrected chi connectivity index (χ4v) is 2.49. The summed E-state index contributed by atoms with van der Waals surface area (Å²) in [6, 6.07) is 4.57. The van der Waals surface area contributed by atoms with Crippen LogP contribution in [0.3, 0.4) is 0 Å². The summed E-state index contributed by atoms with van der Waals surface area (Å²) in [5, 5.41) is 12.8. The van der Waals surface area contributed by atoms with Crippen LogP contribution in [0.1, 0.15) is 5.56 Å². The van der Waals surface area contributed by atoms with Crippen LogP contribution >= 0.6 is 23.2 Å². The zero-order valence-electron chi connectivity index (χ0n) is 9.94. The van der Waals surface area contributed by atoms with E-state index in [1.54, 1.807) is 18.2 Å². The number of carboxylic acid groups (broad SMARTS) is 1. The highest BCUT2D eigenvalue weighted by Crippen LogP contribution is 2.21. The highest BCUT2D eigenvalue weighted by atomic mass is 35.5. The minimum absolute atomic E-state index is 0.0959. The molecule has 1 saturated heterocycles. The summed E-state index contributed by atoms with van der Waals surface area (Å²) in [7, 11) is 0. The molecular formula is C12H13Cl2FN2O2. The molecule has 0 spiro atoms. The van der Waals surface area contributed by atoms with Crippen molar-refractivity contribution in [3.8, 4) is 0 Å². The maximum atomic E-state index is 13.6. The smallest absolute Gasteiger partial charge is 0.407 e. The summed E-state index contributed by atoms with van der Waals surface area (Å²) in [6.07, 6.45) is -2.31. The van der Waals surface area contributed by atoms with Crippen LogP contribution in [-0.4, -0.2) is 41.4 Å². The van der Waals surface area contributed by atoms with Crippen LogP contribution in [0, 0.1) is 0 Å². The second-order valence-corrected chi connectivity index (χ2v) is 5.27. The molecule has 0 bridgehead atoms. The van der Waals surface area contributed by atoms with Gasteiger partial charge in [0.05, 0.1) is 12.6 Å². The monoisotopic (exact) mass is 306 g/mol. The van der Waals surface area contributed by atoms with E-state index in [1.165, 1.54) is 0 Å². The first-order chi connectivity index (χ1) is 8.97. The lowest BCUT2D eigenvalue weighted by Gasteiger charge is -2.15. The molecule has 104 valence electrons. The lowest BCUT2D eigenvalue weighted by Crippen LogP contribution is -2.37. The third kappa shape index (κ3) is 3.49. The number of nitrogens with zero attached hydrogens (tertiary/aromatic N) is 1. The zero-order chi connectivity index (χ0) is 14.0. The first-order valence-corrected chi connectivity index (χ1v) is 6.52. The maximum Gasteiger partial charge on any atom is 0.407 e. The Labute approximate surface area is 120 Å². The summed E-state index contributed by atoms with van der Waals surface area (Å²) in [5.74, 6) is 0. The average Bonchev–Trinajstić information content (AvgIpc) is 2.70. The maximum absolute atomic E-state index is 13.6. The Bertz CT molecular complexity index is 487. The normalized spacial score (nSPS) is 22.8. The zero-order valence-corrected chi connectivity index (χ0v) is 11.5. The van der Waals surface area contributed by atoms with Gasteiger partial charge < -0.3 is 15.3 Å². The van der Waals surface area contributed by atoms with E-state index in [0.717, 1.165) is 10.5 Å². The van der Waals surface area contributed by atoms with Gasteiger partial charge in [0, 0.05) is 23.1 Å². The number of hydrogen-bond acceptors (Lipinski definition) is 2. The third-order valence-corrected chi connectivity index (χ3v) is 3.68. The summed E-state index contributed by atoms with van der Waals surface area (Å²) in [4.78, 5) is 11.8. The van der Waals surface area contributed by atoms with Crippen LogP contribution in [0.5, 0.6) is 0 Å². The highest BCUT2D eigenvalue weighted by molar-refractivity contribution is 6.35. The van der Waals surface area contributed by atoms with Gasteiger partial charge in [-0.1, -0.05) is 29.3 Å². The van der Waals surface area contributed by atoms with E-state index in [9.17, 15) is 9.18 Å². The number of hydrogen-bond donors (Lipinski definition) is 2. The van der Waals surface area contributed by atoms with E-state index in [1.807, 2.05) is 0 Å². The van der Waals surface area contributed by atoms with Gasteiger partial charge in [0.2, 0.25) is 0 Å². The minimum Gasteiger partial charge on any atom is -0.465 e. The number of benzene rings is 1. The molecule has 1 fully saturated rings. The van der Waals surface area contributed by atoms with E-state index in [2.05, 4.69) is 5.32 Å². The minimum atomic E-state index is -1.21. The molecule has 1 amide bonds. The van der Waals surface area contributed by atoms with Gasteiger partial charge in [-0.15, -0.1) is 0 Å². The van der Waals surface area contributed by atoms with Crippen LogP contribution in [-0.2, 0) is 6.54 Å². The molecule has 2 N–H and O–H groups in total. The Morgan fingerprint density at radius 2 is 2.21 bits per heavy atom. The van der Waals surface area contributed by atoms with Crippen LogP contribution < -0.4 is 5.32 Å². The van der Waals surface area contributed by atoms with Gasteiger partial charge in [0.15, 0.2) is 0 Å². The fourth-order valence-electron chi connectivity index (χ4n) is 2.02. The Kier molecular flexibility index (Phi) is 4.50. The predicted molar refractivity (Wildman–Crippen MR) is 71.6 cm³/mol. The number of likely N-dealkylation sites (tertiary alicyclic amines) is 1. The standard InChI is InChI=1S/C12H13Cl2FN2O2/c13-8-2-1-7(9(14)3-8)4-16-11-6-17(12(18)19)5-10(11)15/h1-3,10-11,16H,4-6H2,(H,18,19). The molecule has 2 unspecified atom stereocenters. The van der Waals surface area contributed by atoms with Crippen molar-refractivity contribution in [3.63, 3.8) is 0 Å². The van der Waals surface area contributed by atoms with Crippen LogP contribution in [0.15, 0.2) is 18.2 Å². The molecule has 2 atom stereocenters. The lowest BCUT2D eigenvalue weighted by molar-refractivity contribution is 0.152. The molecule has 7 heteroatoms. The SMILES string of the molecule is O=C(O)N1CC(F)C(NCc2ccc(Cl)cc2Cl)C1. The second-order valence-electron chi connectivity index (χ2n) is 4.43. The molecule has 0 saturated carbocycles. The third-order valence-electron chi connectivity index (χ3n) is 3.09. The van der Waals surface area contributed by atoms with Crippen molar-refractivity contribution in [2.75, 3.05) is 13.1 Å². The first-order valence-electron chi connectivity index (χ1n) is 5.76. The van der Waals surface area contributed by atoms with Crippen LogP contribution in [0.25, 0.3) is 0 Å². The van der Waals surface area contributed by atoms with Crippen molar-refractivity contribution in [2.45, 2.75) is 18.8 Å². The van der Waals surface area contributed by atoms with Crippen molar-refractivity contribution in [3.05, 3.63) is 33.8 Å². The molecule has 1 aromatic carbocycles. The quantitative estimate of drug-likeness (QED) is 0.903. The van der Waals surface area contributed by atoms with E-state index in [0.29, 0.717) is 16.6 Å². The molecular weight excluding hydrogens is 294 g/mol. The number of amides is 1. The Hall–Kier alpha value is -1.04. The largest absolute Gasteiger partial charge is 0.465 e. The summed E-state index contributed by atoms with van der Waals surface area (Å²) in [5.41, 5.74) is 0.798. The van der Waals surface area contributed by atoms with Gasteiger partial charge in [-0.05, 0) is 17.7 Å². The Morgan fingerprint density at radius 3 is 2.79 bits per heavy atom. The molecule has 0 aliphatic carbocycles. The van der Waals surface area contributed by atoms with Crippen molar-refractivity contribution >= 4 is 29.3 Å². The van der Waals surface area contributed by atoms with Crippen molar-refractivity contribution in [1.82, 2.24) is 10.2 Å². The van der Waals surface area contributed by atoms with Crippen molar-refractivity contribution < 1.29 is 14.3 Å². The molecule has 0 aromatic heterocycles. The molecule has 2 rings (SSSR count). The number of carbonyl (C=O) groups is 1. The van der Waals surface area contributed by atoms with Gasteiger partial charge in [0.1, 0.15) is 6.17 Å². The molecule has 1 aliphatic heterocycles. The van der Waals surface area contributed by atoms with E-state index < -0.39 is 18.3 Å². The van der Waals surface area contributed by atoms with Gasteiger partial charge in [0.25, 0.3) is 0 Å². The lowest BCUT2D eigenvalue weighted by atomic mass is 10.2. The molecule has 1 aromatic rings. The van der Waals surface area contributed by atoms with Crippen molar-refractivity contribution in [1.29, 1.82) is 0 Å². The molecule has 4 nitrogen and oxygen atoms in total. The molecule has 1 heterocycles. The van der Waals surface area contributed by atoms with Crippen molar-refractivity contribution in [2.24, 2.45) is 0 Å².